The number of aliphatic hydroxyl groups is 1. The van der Waals surface area contributed by atoms with Crippen LogP contribution in [0.1, 0.15) is 13.8 Å². The first-order valence-corrected chi connectivity index (χ1v) is 8.29. The summed E-state index contributed by atoms with van der Waals surface area (Å²) in [6, 6.07) is 6.91. The highest BCUT2D eigenvalue weighted by Gasteiger charge is 2.21. The molecule has 1 heterocycles. The molecule has 1 aromatic rings. The van der Waals surface area contributed by atoms with E-state index in [1.165, 1.54) is 6.07 Å². The summed E-state index contributed by atoms with van der Waals surface area (Å²) in [7, 11) is 0. The van der Waals surface area contributed by atoms with Crippen LogP contribution in [0.3, 0.4) is 0 Å². The van der Waals surface area contributed by atoms with Gasteiger partial charge in [-0.1, -0.05) is 19.1 Å². The quantitative estimate of drug-likeness (QED) is 0.638. The second-order valence-electron chi connectivity index (χ2n) is 5.91. The molecule has 0 amide bonds. The van der Waals surface area contributed by atoms with E-state index < -0.39 is 0 Å². The molecule has 128 valence electrons. The number of hydrogen-bond acceptors (Lipinski definition) is 3. The average molecular weight is 322 g/mol. The molecule has 0 radical (unpaired) electrons. The van der Waals surface area contributed by atoms with Crippen LogP contribution in [0.4, 0.5) is 10.1 Å². The predicted octanol–water partition coefficient (Wildman–Crippen LogP) is 1.54. The highest BCUT2D eigenvalue weighted by atomic mass is 19.1. The molecule has 1 aliphatic rings. The molecule has 5 nitrogen and oxygen atoms in total. The Hall–Kier alpha value is -1.82. The first kappa shape index (κ1) is 17.5. The normalized spacial score (nSPS) is 17.3. The molecule has 1 unspecified atom stereocenters. The third kappa shape index (κ3) is 4.82. The van der Waals surface area contributed by atoms with E-state index in [9.17, 15) is 4.39 Å². The Morgan fingerprint density at radius 3 is 2.61 bits per heavy atom. The molecule has 1 atom stereocenters. The van der Waals surface area contributed by atoms with Crippen molar-refractivity contribution in [3.05, 3.63) is 30.1 Å². The third-order valence-electron chi connectivity index (χ3n) is 3.97. The SMILES string of the molecule is CCNC(=NCC(C)CO)N1CCN(c2ccccc2F)CC1. The molecule has 0 saturated carbocycles. The molecule has 0 aromatic heterocycles. The van der Waals surface area contributed by atoms with Gasteiger partial charge in [0.1, 0.15) is 5.82 Å². The van der Waals surface area contributed by atoms with Crippen LogP contribution in [0.5, 0.6) is 0 Å². The van der Waals surface area contributed by atoms with Crippen molar-refractivity contribution >= 4 is 11.6 Å². The van der Waals surface area contributed by atoms with Crippen molar-refractivity contribution in [2.24, 2.45) is 10.9 Å². The van der Waals surface area contributed by atoms with Crippen LogP contribution in [0, 0.1) is 11.7 Å². The number of para-hydroxylation sites is 1. The molecule has 1 aromatic carbocycles. The lowest BCUT2D eigenvalue weighted by Gasteiger charge is -2.37. The zero-order valence-electron chi connectivity index (χ0n) is 14.0. The molecular formula is C17H27FN4O. The lowest BCUT2D eigenvalue weighted by molar-refractivity contribution is 0.241. The van der Waals surface area contributed by atoms with Crippen molar-refractivity contribution in [1.82, 2.24) is 10.2 Å². The molecule has 1 aliphatic heterocycles. The summed E-state index contributed by atoms with van der Waals surface area (Å²) >= 11 is 0. The Kier molecular flexibility index (Phi) is 6.65. The molecule has 23 heavy (non-hydrogen) atoms. The number of halogens is 1. The van der Waals surface area contributed by atoms with E-state index in [-0.39, 0.29) is 18.3 Å². The molecule has 0 bridgehead atoms. The van der Waals surface area contributed by atoms with Gasteiger partial charge in [-0.3, -0.25) is 4.99 Å². The van der Waals surface area contributed by atoms with Crippen LogP contribution in [-0.4, -0.2) is 61.8 Å². The maximum Gasteiger partial charge on any atom is 0.194 e. The zero-order chi connectivity index (χ0) is 16.7. The van der Waals surface area contributed by atoms with E-state index in [2.05, 4.69) is 20.1 Å². The molecule has 0 aliphatic carbocycles. The van der Waals surface area contributed by atoms with Gasteiger partial charge in [0.25, 0.3) is 0 Å². The minimum absolute atomic E-state index is 0.143. The number of guanidine groups is 1. The average Bonchev–Trinajstić information content (AvgIpc) is 2.59. The summed E-state index contributed by atoms with van der Waals surface area (Å²) in [6.07, 6.45) is 0. The first-order valence-electron chi connectivity index (χ1n) is 8.29. The van der Waals surface area contributed by atoms with Crippen LogP contribution < -0.4 is 10.2 Å². The summed E-state index contributed by atoms with van der Waals surface area (Å²) in [6.45, 7) is 8.70. The number of aliphatic hydroxyl groups excluding tert-OH is 1. The number of nitrogens with one attached hydrogen (secondary N) is 1. The molecule has 0 spiro atoms. The minimum Gasteiger partial charge on any atom is -0.396 e. The predicted molar refractivity (Wildman–Crippen MR) is 92.4 cm³/mol. The van der Waals surface area contributed by atoms with Gasteiger partial charge in [0.15, 0.2) is 5.96 Å². The fourth-order valence-electron chi connectivity index (χ4n) is 2.59. The van der Waals surface area contributed by atoms with Crippen molar-refractivity contribution in [1.29, 1.82) is 0 Å². The van der Waals surface area contributed by atoms with Crippen LogP contribution in [-0.2, 0) is 0 Å². The molecule has 6 heteroatoms. The Morgan fingerprint density at radius 1 is 1.30 bits per heavy atom. The standard InChI is InChI=1S/C17H27FN4O/c1-3-19-17(20-12-14(2)13-23)22-10-8-21(9-11-22)16-7-5-4-6-15(16)18/h4-7,14,23H,3,8-13H2,1-2H3,(H,19,20). The van der Waals surface area contributed by atoms with E-state index in [4.69, 9.17) is 5.11 Å². The molecule has 1 fully saturated rings. The van der Waals surface area contributed by atoms with E-state index in [0.717, 1.165) is 38.7 Å². The Morgan fingerprint density at radius 2 is 2.00 bits per heavy atom. The number of rotatable bonds is 5. The number of anilines is 1. The fraction of sp³-hybridized carbons (Fsp3) is 0.588. The molecule has 2 rings (SSSR count). The van der Waals surface area contributed by atoms with Gasteiger partial charge < -0.3 is 20.2 Å². The second-order valence-corrected chi connectivity index (χ2v) is 5.91. The molecule has 1 saturated heterocycles. The number of benzene rings is 1. The lowest BCUT2D eigenvalue weighted by atomic mass is 10.2. The van der Waals surface area contributed by atoms with Crippen LogP contribution in [0.15, 0.2) is 29.3 Å². The second kappa shape index (κ2) is 8.72. The van der Waals surface area contributed by atoms with Gasteiger partial charge in [0, 0.05) is 45.9 Å². The van der Waals surface area contributed by atoms with Crippen molar-refractivity contribution < 1.29 is 9.50 Å². The van der Waals surface area contributed by atoms with Gasteiger partial charge in [-0.25, -0.2) is 4.39 Å². The summed E-state index contributed by atoms with van der Waals surface area (Å²) < 4.78 is 13.9. The van der Waals surface area contributed by atoms with Gasteiger partial charge in [0.2, 0.25) is 0 Å². The van der Waals surface area contributed by atoms with Gasteiger partial charge in [-0.05, 0) is 25.0 Å². The van der Waals surface area contributed by atoms with Gasteiger partial charge in [-0.2, -0.15) is 0 Å². The van der Waals surface area contributed by atoms with E-state index in [1.807, 2.05) is 26.0 Å². The van der Waals surface area contributed by atoms with Crippen molar-refractivity contribution in [3.8, 4) is 0 Å². The first-order chi connectivity index (χ1) is 11.2. The Bertz CT molecular complexity index is 515. The van der Waals surface area contributed by atoms with Gasteiger partial charge in [-0.15, -0.1) is 0 Å². The van der Waals surface area contributed by atoms with Crippen molar-refractivity contribution in [2.45, 2.75) is 13.8 Å². The molecule has 2 N–H and O–H groups in total. The third-order valence-corrected chi connectivity index (χ3v) is 3.97. The van der Waals surface area contributed by atoms with Crippen LogP contribution >= 0.6 is 0 Å². The topological polar surface area (TPSA) is 51.1 Å². The van der Waals surface area contributed by atoms with Crippen molar-refractivity contribution in [2.75, 3.05) is 50.8 Å². The Labute approximate surface area is 137 Å². The number of aliphatic imine (C=N–C) groups is 1. The lowest BCUT2D eigenvalue weighted by Crippen LogP contribution is -2.52. The summed E-state index contributed by atoms with van der Waals surface area (Å²) in [4.78, 5) is 8.88. The largest absolute Gasteiger partial charge is 0.396 e. The maximum atomic E-state index is 13.9. The van der Waals surface area contributed by atoms with Gasteiger partial charge in [0.05, 0.1) is 5.69 Å². The van der Waals surface area contributed by atoms with E-state index in [0.29, 0.717) is 12.2 Å². The highest BCUT2D eigenvalue weighted by molar-refractivity contribution is 5.80. The van der Waals surface area contributed by atoms with Crippen molar-refractivity contribution in [3.63, 3.8) is 0 Å². The number of nitrogens with zero attached hydrogens (tertiary/aromatic N) is 3. The number of piperazine rings is 1. The monoisotopic (exact) mass is 322 g/mol. The highest BCUT2D eigenvalue weighted by Crippen LogP contribution is 2.20. The van der Waals surface area contributed by atoms with Crippen LogP contribution in [0.25, 0.3) is 0 Å². The Balaban J connectivity index is 1.97. The van der Waals surface area contributed by atoms with Crippen LogP contribution in [0.2, 0.25) is 0 Å². The van der Waals surface area contributed by atoms with E-state index >= 15 is 0 Å². The summed E-state index contributed by atoms with van der Waals surface area (Å²) in [5.41, 5.74) is 0.669. The summed E-state index contributed by atoms with van der Waals surface area (Å²) in [5.74, 6) is 0.864. The number of hydrogen-bond donors (Lipinski definition) is 2. The maximum absolute atomic E-state index is 13.9. The minimum atomic E-state index is -0.168. The smallest absolute Gasteiger partial charge is 0.194 e. The summed E-state index contributed by atoms with van der Waals surface area (Å²) in [5, 5.41) is 12.4. The fourth-order valence-corrected chi connectivity index (χ4v) is 2.59. The molecular weight excluding hydrogens is 295 g/mol. The van der Waals surface area contributed by atoms with Gasteiger partial charge >= 0.3 is 0 Å². The zero-order valence-corrected chi connectivity index (χ0v) is 14.0. The van der Waals surface area contributed by atoms with E-state index in [1.54, 1.807) is 6.07 Å².